The molecule has 0 spiro atoms. The zero-order valence-corrected chi connectivity index (χ0v) is 12.6. The van der Waals surface area contributed by atoms with Gasteiger partial charge in [-0.3, -0.25) is 0 Å². The molecule has 1 atom stereocenters. The Morgan fingerprint density at radius 2 is 2.10 bits per heavy atom. The van der Waals surface area contributed by atoms with Gasteiger partial charge in [0.25, 0.3) is 0 Å². The van der Waals surface area contributed by atoms with E-state index in [4.69, 9.17) is 5.73 Å². The number of benzene rings is 2. The van der Waals surface area contributed by atoms with Crippen LogP contribution in [0.15, 0.2) is 40.9 Å². The van der Waals surface area contributed by atoms with Gasteiger partial charge in [-0.1, -0.05) is 22.0 Å². The van der Waals surface area contributed by atoms with Crippen LogP contribution in [0.2, 0.25) is 0 Å². The van der Waals surface area contributed by atoms with Crippen molar-refractivity contribution < 1.29 is 4.39 Å². The van der Waals surface area contributed by atoms with Crippen molar-refractivity contribution in [2.24, 2.45) is 0 Å². The van der Waals surface area contributed by atoms with Gasteiger partial charge in [0.05, 0.1) is 0 Å². The molecule has 3 N–H and O–H groups in total. The summed E-state index contributed by atoms with van der Waals surface area (Å²) < 4.78 is 14.2. The quantitative estimate of drug-likeness (QED) is 0.834. The summed E-state index contributed by atoms with van der Waals surface area (Å²) in [6, 6.07) is 11.2. The molecule has 3 rings (SSSR count). The van der Waals surface area contributed by atoms with E-state index in [0.717, 1.165) is 28.6 Å². The molecule has 0 radical (unpaired) electrons. The van der Waals surface area contributed by atoms with Gasteiger partial charge in [0.15, 0.2) is 0 Å². The fraction of sp³-hybridized carbons (Fsp3) is 0.250. The molecule has 4 heteroatoms. The smallest absolute Gasteiger partial charge is 0.123 e. The maximum Gasteiger partial charge on any atom is 0.123 e. The largest absolute Gasteiger partial charge is 0.399 e. The van der Waals surface area contributed by atoms with Crippen LogP contribution >= 0.6 is 15.9 Å². The van der Waals surface area contributed by atoms with Gasteiger partial charge in [-0.05, 0) is 59.9 Å². The molecule has 2 nitrogen and oxygen atoms in total. The SMILES string of the molecule is Nc1ccc2c(c1)CCC2NCc1cc(F)ccc1Br. The average Bonchev–Trinajstić information content (AvgIpc) is 2.82. The molecule has 1 unspecified atom stereocenters. The minimum absolute atomic E-state index is 0.204. The molecule has 2 aromatic carbocycles. The predicted molar refractivity (Wildman–Crippen MR) is 82.9 cm³/mol. The molecule has 1 aliphatic carbocycles. The molecule has 0 heterocycles. The second kappa shape index (κ2) is 5.54. The molecule has 104 valence electrons. The molecule has 0 amide bonds. The molecule has 2 aromatic rings. The van der Waals surface area contributed by atoms with Gasteiger partial charge in [0, 0.05) is 22.7 Å². The minimum Gasteiger partial charge on any atom is -0.399 e. The van der Waals surface area contributed by atoms with Crippen LogP contribution in [-0.4, -0.2) is 0 Å². The molecular formula is C16H16BrFN2. The Morgan fingerprint density at radius 3 is 2.95 bits per heavy atom. The van der Waals surface area contributed by atoms with Crippen molar-refractivity contribution >= 4 is 21.6 Å². The van der Waals surface area contributed by atoms with Crippen molar-refractivity contribution in [2.45, 2.75) is 25.4 Å². The second-order valence-electron chi connectivity index (χ2n) is 5.17. The molecule has 20 heavy (non-hydrogen) atoms. The number of nitrogens with two attached hydrogens (primary N) is 1. The summed E-state index contributed by atoms with van der Waals surface area (Å²) in [4.78, 5) is 0. The van der Waals surface area contributed by atoms with Gasteiger partial charge >= 0.3 is 0 Å². The lowest BCUT2D eigenvalue weighted by Gasteiger charge is -2.15. The lowest BCUT2D eigenvalue weighted by Crippen LogP contribution is -2.19. The van der Waals surface area contributed by atoms with E-state index in [1.807, 2.05) is 6.07 Å². The van der Waals surface area contributed by atoms with Crippen molar-refractivity contribution in [3.63, 3.8) is 0 Å². The summed E-state index contributed by atoms with van der Waals surface area (Å²) in [6.45, 7) is 0.646. The van der Waals surface area contributed by atoms with Crippen LogP contribution in [0.3, 0.4) is 0 Å². The molecule has 0 saturated heterocycles. The number of hydrogen-bond acceptors (Lipinski definition) is 2. The van der Waals surface area contributed by atoms with E-state index in [-0.39, 0.29) is 5.82 Å². The third-order valence-electron chi connectivity index (χ3n) is 3.79. The summed E-state index contributed by atoms with van der Waals surface area (Å²) in [5.41, 5.74) is 10.2. The Kier molecular flexibility index (Phi) is 3.76. The minimum atomic E-state index is -0.204. The van der Waals surface area contributed by atoms with Crippen LogP contribution in [0, 0.1) is 5.82 Å². The zero-order valence-electron chi connectivity index (χ0n) is 11.0. The highest BCUT2D eigenvalue weighted by atomic mass is 79.9. The number of rotatable bonds is 3. The highest BCUT2D eigenvalue weighted by molar-refractivity contribution is 9.10. The number of nitrogens with one attached hydrogen (secondary N) is 1. The Bertz CT molecular complexity index is 642. The van der Waals surface area contributed by atoms with Gasteiger partial charge < -0.3 is 11.1 Å². The van der Waals surface area contributed by atoms with E-state index >= 15 is 0 Å². The average molecular weight is 335 g/mol. The Balaban J connectivity index is 1.73. The van der Waals surface area contributed by atoms with Crippen LogP contribution in [0.5, 0.6) is 0 Å². The lowest BCUT2D eigenvalue weighted by atomic mass is 10.1. The maximum atomic E-state index is 13.3. The highest BCUT2D eigenvalue weighted by Gasteiger charge is 2.22. The molecule has 0 aromatic heterocycles. The van der Waals surface area contributed by atoms with Crippen LogP contribution in [0.1, 0.15) is 29.2 Å². The molecule has 0 aliphatic heterocycles. The Morgan fingerprint density at radius 1 is 1.25 bits per heavy atom. The van der Waals surface area contributed by atoms with Gasteiger partial charge in [0.2, 0.25) is 0 Å². The van der Waals surface area contributed by atoms with E-state index in [0.29, 0.717) is 12.6 Å². The number of fused-ring (bicyclic) bond motifs is 1. The number of nitrogen functional groups attached to an aromatic ring is 1. The molecular weight excluding hydrogens is 319 g/mol. The maximum absolute atomic E-state index is 13.3. The third kappa shape index (κ3) is 2.72. The monoisotopic (exact) mass is 334 g/mol. The van der Waals surface area contributed by atoms with E-state index < -0.39 is 0 Å². The van der Waals surface area contributed by atoms with Crippen LogP contribution in [-0.2, 0) is 13.0 Å². The van der Waals surface area contributed by atoms with Crippen molar-refractivity contribution in [1.29, 1.82) is 0 Å². The lowest BCUT2D eigenvalue weighted by molar-refractivity contribution is 0.527. The van der Waals surface area contributed by atoms with E-state index in [9.17, 15) is 4.39 Å². The van der Waals surface area contributed by atoms with E-state index in [1.165, 1.54) is 17.2 Å². The number of anilines is 1. The highest BCUT2D eigenvalue weighted by Crippen LogP contribution is 2.32. The normalized spacial score (nSPS) is 17.2. The number of aryl methyl sites for hydroxylation is 1. The first-order chi connectivity index (χ1) is 9.63. The summed E-state index contributed by atoms with van der Waals surface area (Å²) in [7, 11) is 0. The first kappa shape index (κ1) is 13.6. The summed E-state index contributed by atoms with van der Waals surface area (Å²) in [6.07, 6.45) is 2.11. The fourth-order valence-electron chi connectivity index (χ4n) is 2.76. The van der Waals surface area contributed by atoms with Gasteiger partial charge in [0.1, 0.15) is 5.82 Å². The summed E-state index contributed by atoms with van der Waals surface area (Å²) in [5.74, 6) is -0.204. The van der Waals surface area contributed by atoms with Gasteiger partial charge in [-0.2, -0.15) is 0 Å². The van der Waals surface area contributed by atoms with Crippen molar-refractivity contribution in [1.82, 2.24) is 5.32 Å². The van der Waals surface area contributed by atoms with Gasteiger partial charge in [-0.15, -0.1) is 0 Å². The third-order valence-corrected chi connectivity index (χ3v) is 4.57. The summed E-state index contributed by atoms with van der Waals surface area (Å²) in [5, 5.41) is 3.50. The van der Waals surface area contributed by atoms with Crippen LogP contribution in [0.4, 0.5) is 10.1 Å². The first-order valence-electron chi connectivity index (χ1n) is 6.69. The van der Waals surface area contributed by atoms with Crippen LogP contribution < -0.4 is 11.1 Å². The van der Waals surface area contributed by atoms with Crippen molar-refractivity contribution in [3.8, 4) is 0 Å². The number of hydrogen-bond donors (Lipinski definition) is 2. The Labute approximate surface area is 126 Å². The van der Waals surface area contributed by atoms with Crippen molar-refractivity contribution in [3.05, 3.63) is 63.4 Å². The fourth-order valence-corrected chi connectivity index (χ4v) is 3.15. The summed E-state index contributed by atoms with van der Waals surface area (Å²) >= 11 is 3.46. The van der Waals surface area contributed by atoms with Crippen LogP contribution in [0.25, 0.3) is 0 Å². The Hall–Kier alpha value is -1.39. The zero-order chi connectivity index (χ0) is 14.1. The molecule has 0 saturated carbocycles. The van der Waals surface area contributed by atoms with E-state index in [1.54, 1.807) is 12.1 Å². The molecule has 0 fully saturated rings. The predicted octanol–water partition coefficient (Wildman–Crippen LogP) is 3.95. The first-order valence-corrected chi connectivity index (χ1v) is 7.48. The number of halogens is 2. The second-order valence-corrected chi connectivity index (χ2v) is 6.02. The topological polar surface area (TPSA) is 38.0 Å². The van der Waals surface area contributed by atoms with Crippen molar-refractivity contribution in [2.75, 3.05) is 5.73 Å². The van der Waals surface area contributed by atoms with Gasteiger partial charge in [-0.25, -0.2) is 4.39 Å². The standard InChI is InChI=1S/C16H16BrFN2/c17-15-5-2-12(18)7-11(15)9-20-16-6-1-10-8-13(19)3-4-14(10)16/h2-5,7-8,16,20H,1,6,9,19H2. The van der Waals surface area contributed by atoms with E-state index in [2.05, 4.69) is 33.4 Å². The molecule has 0 bridgehead atoms. The molecule has 1 aliphatic rings.